The fourth-order valence-corrected chi connectivity index (χ4v) is 3.34. The van der Waals surface area contributed by atoms with Crippen LogP contribution in [0, 0.1) is 0 Å². The molecule has 3 aromatic heterocycles. The number of aromatic nitrogens is 5. The maximum atomic E-state index is 5.84. The highest BCUT2D eigenvalue weighted by atomic mass is 32.2. The van der Waals surface area contributed by atoms with Gasteiger partial charge in [-0.15, -0.1) is 20.4 Å². The number of hydrogen-bond acceptors (Lipinski definition) is 8. The van der Waals surface area contributed by atoms with Crippen molar-refractivity contribution >= 4 is 11.8 Å². The van der Waals surface area contributed by atoms with Crippen molar-refractivity contribution in [1.82, 2.24) is 25.0 Å². The molecule has 0 N–H and O–H groups in total. The molecule has 27 heavy (non-hydrogen) atoms. The zero-order chi connectivity index (χ0) is 18.8. The van der Waals surface area contributed by atoms with Gasteiger partial charge in [0.2, 0.25) is 11.8 Å². The Hall–Kier alpha value is -3.07. The summed E-state index contributed by atoms with van der Waals surface area (Å²) in [5.41, 5.74) is 0.838. The van der Waals surface area contributed by atoms with Gasteiger partial charge in [0.1, 0.15) is 5.75 Å². The first-order valence-corrected chi connectivity index (χ1v) is 9.11. The number of furan rings is 1. The maximum Gasteiger partial charge on any atom is 0.247 e. The molecule has 0 bridgehead atoms. The third-order valence-corrected chi connectivity index (χ3v) is 5.11. The molecule has 1 unspecified atom stereocenters. The molecule has 0 saturated heterocycles. The van der Waals surface area contributed by atoms with Gasteiger partial charge in [0.05, 0.1) is 18.6 Å². The van der Waals surface area contributed by atoms with Crippen molar-refractivity contribution in [3.8, 4) is 28.8 Å². The van der Waals surface area contributed by atoms with Crippen LogP contribution in [0.5, 0.6) is 5.75 Å². The van der Waals surface area contributed by atoms with Gasteiger partial charge in [0, 0.05) is 12.6 Å². The highest BCUT2D eigenvalue weighted by Gasteiger charge is 2.21. The number of thioether (sulfide) groups is 1. The predicted octanol–water partition coefficient (Wildman–Crippen LogP) is 3.99. The van der Waals surface area contributed by atoms with Crippen molar-refractivity contribution in [2.75, 3.05) is 7.11 Å². The van der Waals surface area contributed by atoms with Crippen LogP contribution in [0.25, 0.3) is 23.0 Å². The molecule has 4 rings (SSSR count). The lowest BCUT2D eigenvalue weighted by Gasteiger charge is -2.06. The molecule has 4 aromatic rings. The topological polar surface area (TPSA) is 92.0 Å². The van der Waals surface area contributed by atoms with Gasteiger partial charge in [-0.05, 0) is 43.3 Å². The molecular formula is C18H17N5O3S. The molecular weight excluding hydrogens is 366 g/mol. The van der Waals surface area contributed by atoms with E-state index in [4.69, 9.17) is 13.6 Å². The average molecular weight is 383 g/mol. The van der Waals surface area contributed by atoms with Crippen LogP contribution < -0.4 is 4.74 Å². The Labute approximate surface area is 159 Å². The molecule has 0 aliphatic rings. The summed E-state index contributed by atoms with van der Waals surface area (Å²) in [5, 5.41) is 17.4. The summed E-state index contributed by atoms with van der Waals surface area (Å²) in [6, 6.07) is 11.1. The van der Waals surface area contributed by atoms with Gasteiger partial charge in [0.25, 0.3) is 0 Å². The largest absolute Gasteiger partial charge is 0.497 e. The molecule has 0 aliphatic heterocycles. The van der Waals surface area contributed by atoms with Crippen molar-refractivity contribution in [1.29, 1.82) is 0 Å². The van der Waals surface area contributed by atoms with Crippen LogP contribution >= 0.6 is 11.8 Å². The second-order valence-corrected chi connectivity index (χ2v) is 7.08. The standard InChI is InChI=1S/C18H17N5O3S/c1-11(27-18-22-19-15(23(18)2)14-5-4-10-25-14)16-20-21-17(26-16)12-6-8-13(24-3)9-7-12/h4-11H,1-3H3. The smallest absolute Gasteiger partial charge is 0.247 e. The van der Waals surface area contributed by atoms with Crippen LogP contribution in [0.15, 0.2) is 56.7 Å². The molecule has 9 heteroatoms. The first-order chi connectivity index (χ1) is 13.2. The van der Waals surface area contributed by atoms with Gasteiger partial charge in [0.15, 0.2) is 16.7 Å². The number of benzene rings is 1. The summed E-state index contributed by atoms with van der Waals surface area (Å²) in [7, 11) is 3.52. The normalized spacial score (nSPS) is 12.3. The van der Waals surface area contributed by atoms with Gasteiger partial charge < -0.3 is 18.1 Å². The highest BCUT2D eigenvalue weighted by molar-refractivity contribution is 7.99. The van der Waals surface area contributed by atoms with Crippen LogP contribution in [-0.4, -0.2) is 32.1 Å². The zero-order valence-electron chi connectivity index (χ0n) is 15.0. The van der Waals surface area contributed by atoms with E-state index >= 15 is 0 Å². The Kier molecular flexibility index (Phi) is 4.68. The first kappa shape index (κ1) is 17.3. The molecule has 1 atom stereocenters. The lowest BCUT2D eigenvalue weighted by molar-refractivity contribution is 0.415. The number of rotatable bonds is 6. The lowest BCUT2D eigenvalue weighted by atomic mass is 10.2. The Morgan fingerprint density at radius 2 is 1.89 bits per heavy atom. The maximum absolute atomic E-state index is 5.84. The van der Waals surface area contributed by atoms with Gasteiger partial charge in [-0.25, -0.2) is 0 Å². The number of nitrogens with zero attached hydrogens (tertiary/aromatic N) is 5. The Bertz CT molecular complexity index is 1020. The van der Waals surface area contributed by atoms with Crippen molar-refractivity contribution in [3.05, 3.63) is 48.6 Å². The molecule has 3 heterocycles. The van der Waals surface area contributed by atoms with E-state index in [1.807, 2.05) is 54.9 Å². The monoisotopic (exact) mass is 383 g/mol. The molecule has 0 spiro atoms. The minimum atomic E-state index is -0.0863. The quantitative estimate of drug-likeness (QED) is 0.462. The van der Waals surface area contributed by atoms with E-state index in [0.29, 0.717) is 23.4 Å². The summed E-state index contributed by atoms with van der Waals surface area (Å²) in [6.07, 6.45) is 1.61. The summed E-state index contributed by atoms with van der Waals surface area (Å²) in [6.45, 7) is 1.98. The van der Waals surface area contributed by atoms with Gasteiger partial charge in [-0.1, -0.05) is 11.8 Å². The molecule has 0 aliphatic carbocycles. The number of methoxy groups -OCH3 is 1. The van der Waals surface area contributed by atoms with Crippen LogP contribution in [-0.2, 0) is 7.05 Å². The number of ether oxygens (including phenoxy) is 1. The summed E-state index contributed by atoms with van der Waals surface area (Å²) in [4.78, 5) is 0. The van der Waals surface area contributed by atoms with E-state index in [0.717, 1.165) is 16.5 Å². The third-order valence-electron chi connectivity index (χ3n) is 3.98. The summed E-state index contributed by atoms with van der Waals surface area (Å²) >= 11 is 1.49. The average Bonchev–Trinajstić information content (AvgIpc) is 3.44. The van der Waals surface area contributed by atoms with Crippen molar-refractivity contribution in [2.24, 2.45) is 7.05 Å². The van der Waals surface area contributed by atoms with Crippen molar-refractivity contribution in [2.45, 2.75) is 17.3 Å². The second-order valence-electron chi connectivity index (χ2n) is 5.78. The Balaban J connectivity index is 1.51. The highest BCUT2D eigenvalue weighted by Crippen LogP contribution is 2.35. The third kappa shape index (κ3) is 3.45. The lowest BCUT2D eigenvalue weighted by Crippen LogP contribution is -1.96. The van der Waals surface area contributed by atoms with E-state index in [9.17, 15) is 0 Å². The van der Waals surface area contributed by atoms with E-state index < -0.39 is 0 Å². The Morgan fingerprint density at radius 1 is 1.07 bits per heavy atom. The zero-order valence-corrected chi connectivity index (χ0v) is 15.8. The van der Waals surface area contributed by atoms with E-state index in [-0.39, 0.29) is 5.25 Å². The Morgan fingerprint density at radius 3 is 2.59 bits per heavy atom. The van der Waals surface area contributed by atoms with Crippen LogP contribution in [0.2, 0.25) is 0 Å². The second kappa shape index (κ2) is 7.28. The first-order valence-electron chi connectivity index (χ1n) is 8.23. The van der Waals surface area contributed by atoms with Crippen molar-refractivity contribution in [3.63, 3.8) is 0 Å². The summed E-state index contributed by atoms with van der Waals surface area (Å²) in [5.74, 6) is 3.10. The minimum absolute atomic E-state index is 0.0863. The van der Waals surface area contributed by atoms with Crippen molar-refractivity contribution < 1.29 is 13.6 Å². The fraction of sp³-hybridized carbons (Fsp3) is 0.222. The van der Waals surface area contributed by atoms with Gasteiger partial charge in [-0.2, -0.15) is 0 Å². The van der Waals surface area contributed by atoms with Gasteiger partial charge >= 0.3 is 0 Å². The molecule has 0 radical (unpaired) electrons. The molecule has 8 nitrogen and oxygen atoms in total. The molecule has 1 aromatic carbocycles. The number of hydrogen-bond donors (Lipinski definition) is 0. The van der Waals surface area contributed by atoms with Gasteiger partial charge in [-0.3, -0.25) is 0 Å². The SMILES string of the molecule is COc1ccc(-c2nnc(C(C)Sc3nnc(-c4ccco4)n3C)o2)cc1. The summed E-state index contributed by atoms with van der Waals surface area (Å²) < 4.78 is 18.3. The van der Waals surface area contributed by atoms with Crippen LogP contribution in [0.3, 0.4) is 0 Å². The molecule has 0 amide bonds. The van der Waals surface area contributed by atoms with Crippen LogP contribution in [0.1, 0.15) is 18.1 Å². The van der Waals surface area contributed by atoms with E-state index in [1.54, 1.807) is 13.4 Å². The van der Waals surface area contributed by atoms with E-state index in [2.05, 4.69) is 20.4 Å². The van der Waals surface area contributed by atoms with E-state index in [1.165, 1.54) is 11.8 Å². The van der Waals surface area contributed by atoms with Crippen LogP contribution in [0.4, 0.5) is 0 Å². The predicted molar refractivity (Wildman–Crippen MR) is 99.3 cm³/mol. The molecule has 138 valence electrons. The fourth-order valence-electron chi connectivity index (χ4n) is 2.50. The molecule has 0 fully saturated rings. The minimum Gasteiger partial charge on any atom is -0.497 e. The molecule has 0 saturated carbocycles.